The van der Waals surface area contributed by atoms with Crippen LogP contribution in [0.4, 0.5) is 8.78 Å². The van der Waals surface area contributed by atoms with Gasteiger partial charge in [-0.3, -0.25) is 4.79 Å². The number of unbranched alkanes of at least 4 members (excludes halogenated alkanes) is 8. The van der Waals surface area contributed by atoms with Gasteiger partial charge in [0.1, 0.15) is 0 Å². The molecular formula is C23H42F2O3. The first-order chi connectivity index (χ1) is 13.3. The summed E-state index contributed by atoms with van der Waals surface area (Å²) in [6.45, 7) is 4.48. The summed E-state index contributed by atoms with van der Waals surface area (Å²) in [5, 5.41) is 9.28. The van der Waals surface area contributed by atoms with Gasteiger partial charge in [-0.05, 0) is 38.0 Å². The molecule has 166 valence electrons. The van der Waals surface area contributed by atoms with Crippen molar-refractivity contribution in [2.24, 2.45) is 11.8 Å². The molecule has 28 heavy (non-hydrogen) atoms. The fourth-order valence-corrected chi connectivity index (χ4v) is 3.41. The fraction of sp³-hybridized carbons (Fsp3) is 0.870. The number of hydrogen-bond donors (Lipinski definition) is 1. The Morgan fingerprint density at radius 1 is 1.04 bits per heavy atom. The van der Waals surface area contributed by atoms with Crippen molar-refractivity contribution in [2.75, 3.05) is 13.7 Å². The molecule has 0 aliphatic rings. The molecule has 3 nitrogen and oxygen atoms in total. The summed E-state index contributed by atoms with van der Waals surface area (Å²) in [4.78, 5) is 11.3. The maximum atomic E-state index is 13.8. The molecule has 0 heterocycles. The number of rotatable bonds is 19. The van der Waals surface area contributed by atoms with Crippen LogP contribution in [0.2, 0.25) is 0 Å². The lowest BCUT2D eigenvalue weighted by molar-refractivity contribution is -0.143. The predicted octanol–water partition coefficient (Wildman–Crippen LogP) is 7.25. The van der Waals surface area contributed by atoms with Crippen molar-refractivity contribution in [1.29, 1.82) is 0 Å². The van der Waals surface area contributed by atoms with Gasteiger partial charge in [0.05, 0.1) is 5.92 Å². The van der Waals surface area contributed by atoms with E-state index in [-0.39, 0.29) is 18.8 Å². The van der Waals surface area contributed by atoms with E-state index in [0.717, 1.165) is 51.4 Å². The smallest absolute Gasteiger partial charge is 0.307 e. The monoisotopic (exact) mass is 404 g/mol. The number of methoxy groups -OCH3 is 1. The van der Waals surface area contributed by atoms with E-state index >= 15 is 0 Å². The van der Waals surface area contributed by atoms with E-state index in [1.54, 1.807) is 7.11 Å². The zero-order valence-corrected chi connectivity index (χ0v) is 18.2. The molecule has 0 amide bonds. The summed E-state index contributed by atoms with van der Waals surface area (Å²) < 4.78 is 32.6. The van der Waals surface area contributed by atoms with Crippen molar-refractivity contribution >= 4 is 5.97 Å². The molecule has 0 rings (SSSR count). The van der Waals surface area contributed by atoms with Crippen molar-refractivity contribution in [1.82, 2.24) is 0 Å². The van der Waals surface area contributed by atoms with Crippen LogP contribution in [0.3, 0.4) is 0 Å². The van der Waals surface area contributed by atoms with Gasteiger partial charge in [-0.15, -0.1) is 0 Å². The van der Waals surface area contributed by atoms with E-state index in [0.29, 0.717) is 25.9 Å². The Kier molecular flexibility index (Phi) is 16.4. The van der Waals surface area contributed by atoms with Crippen molar-refractivity contribution < 1.29 is 23.4 Å². The third kappa shape index (κ3) is 15.0. The van der Waals surface area contributed by atoms with Crippen LogP contribution in [0, 0.1) is 11.8 Å². The lowest BCUT2D eigenvalue weighted by atomic mass is 9.90. The number of alkyl halides is 2. The molecule has 0 aromatic rings. The topological polar surface area (TPSA) is 46.5 Å². The average molecular weight is 405 g/mol. The van der Waals surface area contributed by atoms with Gasteiger partial charge in [-0.1, -0.05) is 64.5 Å². The molecule has 5 heteroatoms. The maximum absolute atomic E-state index is 13.8. The van der Waals surface area contributed by atoms with E-state index in [1.165, 1.54) is 0 Å². The normalized spacial score (nSPS) is 14.5. The molecule has 0 radical (unpaired) electrons. The molecule has 1 N–H and O–H groups in total. The predicted molar refractivity (Wildman–Crippen MR) is 112 cm³/mol. The Morgan fingerprint density at radius 3 is 2.14 bits per heavy atom. The maximum Gasteiger partial charge on any atom is 0.307 e. The number of hydrogen-bond acceptors (Lipinski definition) is 2. The zero-order valence-electron chi connectivity index (χ0n) is 18.2. The largest absolute Gasteiger partial charge is 0.481 e. The third-order valence-electron chi connectivity index (χ3n) is 5.33. The second-order valence-electron chi connectivity index (χ2n) is 7.99. The zero-order chi connectivity index (χ0) is 21.3. The number of carboxylic acids is 1. The molecular weight excluding hydrogens is 362 g/mol. The molecule has 0 fully saturated rings. The van der Waals surface area contributed by atoms with Gasteiger partial charge in [-0.25, -0.2) is 8.78 Å². The Morgan fingerprint density at radius 2 is 1.61 bits per heavy atom. The van der Waals surface area contributed by atoms with Crippen LogP contribution >= 0.6 is 0 Å². The molecule has 0 saturated carbocycles. The SMILES string of the molecule is CCCCCCCC(F)(F)CCCCCC/C=C/[C@H](C)C(CCOC)C(=O)O. The standard InChI is InChI=1S/C23H42F2O3/c1-4-5-6-10-13-17-23(24,25)18-14-11-8-7-9-12-15-20(2)21(22(26)27)16-19-28-3/h12,15,20-21H,4-11,13-14,16-19H2,1-3H3,(H,26,27)/b15-12+/t20-,21?/m0/s1. The molecule has 2 atom stereocenters. The summed E-state index contributed by atoms with van der Waals surface area (Å²) in [7, 11) is 1.57. The van der Waals surface area contributed by atoms with Gasteiger partial charge in [0.15, 0.2) is 0 Å². The Balaban J connectivity index is 3.81. The summed E-state index contributed by atoms with van der Waals surface area (Å²) >= 11 is 0. The number of carbonyl (C=O) groups is 1. The van der Waals surface area contributed by atoms with Gasteiger partial charge in [0, 0.05) is 26.6 Å². The number of carboxylic acid groups (broad SMARTS) is 1. The Hall–Kier alpha value is -0.970. The van der Waals surface area contributed by atoms with E-state index in [4.69, 9.17) is 4.74 Å². The molecule has 0 aromatic carbocycles. The number of aliphatic carboxylic acids is 1. The minimum absolute atomic E-state index is 0.00738. The second-order valence-corrected chi connectivity index (χ2v) is 7.99. The Bertz CT molecular complexity index is 411. The number of halogens is 2. The molecule has 0 aromatic heterocycles. The van der Waals surface area contributed by atoms with Crippen LogP contribution < -0.4 is 0 Å². The summed E-state index contributed by atoms with van der Waals surface area (Å²) in [5.74, 6) is -3.76. The first kappa shape index (κ1) is 27.0. The molecule has 0 aliphatic heterocycles. The first-order valence-corrected chi connectivity index (χ1v) is 11.1. The molecule has 0 spiro atoms. The van der Waals surface area contributed by atoms with E-state index in [9.17, 15) is 18.7 Å². The highest BCUT2D eigenvalue weighted by molar-refractivity contribution is 5.70. The lowest BCUT2D eigenvalue weighted by Gasteiger charge is -2.16. The average Bonchev–Trinajstić information content (AvgIpc) is 2.63. The molecule has 1 unspecified atom stereocenters. The van der Waals surface area contributed by atoms with Crippen LogP contribution in [0.1, 0.15) is 97.3 Å². The Labute approximate surface area is 170 Å². The van der Waals surface area contributed by atoms with Crippen LogP contribution in [0.5, 0.6) is 0 Å². The van der Waals surface area contributed by atoms with E-state index in [2.05, 4.69) is 6.92 Å². The van der Waals surface area contributed by atoms with E-state index in [1.807, 2.05) is 19.1 Å². The van der Waals surface area contributed by atoms with Gasteiger partial charge < -0.3 is 9.84 Å². The quantitative estimate of drug-likeness (QED) is 0.182. The highest BCUT2D eigenvalue weighted by atomic mass is 19.3. The highest BCUT2D eigenvalue weighted by Crippen LogP contribution is 2.28. The summed E-state index contributed by atoms with van der Waals surface area (Å²) in [5.41, 5.74) is 0. The van der Waals surface area contributed by atoms with Crippen LogP contribution in [0.25, 0.3) is 0 Å². The minimum atomic E-state index is -2.50. The summed E-state index contributed by atoms with van der Waals surface area (Å²) in [6, 6.07) is 0. The van der Waals surface area contributed by atoms with Crippen molar-refractivity contribution in [2.45, 2.75) is 103 Å². The number of ether oxygens (including phenoxy) is 1. The molecule has 0 bridgehead atoms. The second kappa shape index (κ2) is 16.9. The number of allylic oxidation sites excluding steroid dienone is 2. The van der Waals surface area contributed by atoms with Crippen molar-refractivity contribution in [3.05, 3.63) is 12.2 Å². The van der Waals surface area contributed by atoms with Crippen molar-refractivity contribution in [3.63, 3.8) is 0 Å². The van der Waals surface area contributed by atoms with E-state index < -0.39 is 17.8 Å². The molecule has 0 aliphatic carbocycles. The summed E-state index contributed by atoms with van der Waals surface area (Å²) in [6.07, 6.45) is 13.6. The fourth-order valence-electron chi connectivity index (χ4n) is 3.41. The van der Waals surface area contributed by atoms with Crippen LogP contribution in [0.15, 0.2) is 12.2 Å². The first-order valence-electron chi connectivity index (χ1n) is 11.1. The van der Waals surface area contributed by atoms with Crippen LogP contribution in [-0.2, 0) is 9.53 Å². The van der Waals surface area contributed by atoms with Gasteiger partial charge in [0.2, 0.25) is 5.92 Å². The van der Waals surface area contributed by atoms with Gasteiger partial charge in [-0.2, -0.15) is 0 Å². The van der Waals surface area contributed by atoms with Crippen LogP contribution in [-0.4, -0.2) is 30.7 Å². The minimum Gasteiger partial charge on any atom is -0.481 e. The van der Waals surface area contributed by atoms with Crippen molar-refractivity contribution in [3.8, 4) is 0 Å². The van der Waals surface area contributed by atoms with Gasteiger partial charge >= 0.3 is 5.97 Å². The lowest BCUT2D eigenvalue weighted by Crippen LogP contribution is -2.21. The highest BCUT2D eigenvalue weighted by Gasteiger charge is 2.27. The van der Waals surface area contributed by atoms with Gasteiger partial charge in [0.25, 0.3) is 0 Å². The molecule has 0 saturated heterocycles. The third-order valence-corrected chi connectivity index (χ3v) is 5.33.